The molecule has 0 aliphatic carbocycles. The number of hydrogen-bond acceptors (Lipinski definition) is 4. The standard InChI is InChI=1S/C16H21N5O2/c1-4-20-14-10-17-21(16(14)12(2)18-20)8-7-15(22)19(3)11-13-6-5-9-23-13/h5-6,9-10H,4,7-8,11H2,1-3H3. The van der Waals surface area contributed by atoms with Crippen LogP contribution in [-0.4, -0.2) is 37.4 Å². The van der Waals surface area contributed by atoms with E-state index in [9.17, 15) is 4.79 Å². The Labute approximate surface area is 134 Å². The molecule has 7 heteroatoms. The van der Waals surface area contributed by atoms with Gasteiger partial charge in [-0.2, -0.15) is 10.2 Å². The molecule has 0 atom stereocenters. The van der Waals surface area contributed by atoms with Crippen LogP contribution in [0, 0.1) is 6.92 Å². The van der Waals surface area contributed by atoms with Crippen molar-refractivity contribution in [1.82, 2.24) is 24.5 Å². The second-order valence-corrected chi connectivity index (χ2v) is 5.58. The van der Waals surface area contributed by atoms with Gasteiger partial charge in [0.05, 0.1) is 31.2 Å². The number of amides is 1. The van der Waals surface area contributed by atoms with Crippen LogP contribution in [0.2, 0.25) is 0 Å². The molecule has 23 heavy (non-hydrogen) atoms. The van der Waals surface area contributed by atoms with Crippen LogP contribution < -0.4 is 0 Å². The van der Waals surface area contributed by atoms with Gasteiger partial charge in [0, 0.05) is 20.0 Å². The number of aryl methyl sites for hydroxylation is 3. The molecule has 0 aliphatic rings. The Hall–Kier alpha value is -2.57. The van der Waals surface area contributed by atoms with Crippen LogP contribution in [0.3, 0.4) is 0 Å². The summed E-state index contributed by atoms with van der Waals surface area (Å²) in [5, 5.41) is 8.89. The number of furan rings is 1. The number of carbonyl (C=O) groups is 1. The summed E-state index contributed by atoms with van der Waals surface area (Å²) >= 11 is 0. The molecule has 0 saturated heterocycles. The molecular weight excluding hydrogens is 294 g/mol. The molecule has 0 aliphatic heterocycles. The molecule has 0 N–H and O–H groups in total. The number of hydrogen-bond donors (Lipinski definition) is 0. The molecule has 1 amide bonds. The van der Waals surface area contributed by atoms with E-state index in [4.69, 9.17) is 4.42 Å². The minimum atomic E-state index is 0.0607. The minimum Gasteiger partial charge on any atom is -0.467 e. The third-order valence-corrected chi connectivity index (χ3v) is 3.95. The number of fused-ring (bicyclic) bond motifs is 1. The normalized spacial score (nSPS) is 11.3. The van der Waals surface area contributed by atoms with Crippen molar-refractivity contribution in [2.75, 3.05) is 7.05 Å². The van der Waals surface area contributed by atoms with Gasteiger partial charge in [0.25, 0.3) is 0 Å². The average Bonchev–Trinajstić information content (AvgIpc) is 3.24. The van der Waals surface area contributed by atoms with Crippen LogP contribution in [0.1, 0.15) is 24.8 Å². The van der Waals surface area contributed by atoms with E-state index in [0.29, 0.717) is 19.5 Å². The first-order valence-electron chi connectivity index (χ1n) is 7.75. The van der Waals surface area contributed by atoms with Gasteiger partial charge in [0.1, 0.15) is 16.8 Å². The fourth-order valence-electron chi connectivity index (χ4n) is 2.75. The maximum absolute atomic E-state index is 12.3. The van der Waals surface area contributed by atoms with Crippen molar-refractivity contribution in [1.29, 1.82) is 0 Å². The molecule has 3 rings (SSSR count). The van der Waals surface area contributed by atoms with Crippen LogP contribution in [0.15, 0.2) is 29.0 Å². The van der Waals surface area contributed by atoms with Gasteiger partial charge >= 0.3 is 0 Å². The van der Waals surface area contributed by atoms with Crippen molar-refractivity contribution in [3.63, 3.8) is 0 Å². The third kappa shape index (κ3) is 2.99. The van der Waals surface area contributed by atoms with Gasteiger partial charge < -0.3 is 9.32 Å². The van der Waals surface area contributed by atoms with Gasteiger partial charge in [-0.05, 0) is 26.0 Å². The van der Waals surface area contributed by atoms with Crippen molar-refractivity contribution in [3.8, 4) is 0 Å². The first kappa shape index (κ1) is 15.3. The highest BCUT2D eigenvalue weighted by Crippen LogP contribution is 2.18. The lowest BCUT2D eigenvalue weighted by atomic mass is 10.3. The van der Waals surface area contributed by atoms with E-state index in [1.165, 1.54) is 0 Å². The van der Waals surface area contributed by atoms with E-state index >= 15 is 0 Å². The van der Waals surface area contributed by atoms with Crippen LogP contribution in [-0.2, 0) is 24.4 Å². The van der Waals surface area contributed by atoms with Gasteiger partial charge in [0.2, 0.25) is 5.91 Å². The number of carbonyl (C=O) groups excluding carboxylic acids is 1. The summed E-state index contributed by atoms with van der Waals surface area (Å²) in [6.45, 7) is 5.85. The van der Waals surface area contributed by atoms with E-state index in [1.807, 2.05) is 34.6 Å². The summed E-state index contributed by atoms with van der Waals surface area (Å²) in [7, 11) is 1.78. The Morgan fingerprint density at radius 2 is 2.22 bits per heavy atom. The SMILES string of the molecule is CCn1nc(C)c2c1cnn2CCC(=O)N(C)Cc1ccco1. The van der Waals surface area contributed by atoms with Crippen LogP contribution in [0.5, 0.6) is 0 Å². The van der Waals surface area contributed by atoms with E-state index in [0.717, 1.165) is 29.0 Å². The lowest BCUT2D eigenvalue weighted by Gasteiger charge is -2.15. The predicted octanol–water partition coefficient (Wildman–Crippen LogP) is 2.20. The molecule has 0 bridgehead atoms. The molecule has 0 aromatic carbocycles. The Morgan fingerprint density at radius 3 is 2.91 bits per heavy atom. The molecule has 122 valence electrons. The van der Waals surface area contributed by atoms with Gasteiger partial charge in [-0.15, -0.1) is 0 Å². The third-order valence-electron chi connectivity index (χ3n) is 3.95. The fraction of sp³-hybridized carbons (Fsp3) is 0.438. The van der Waals surface area contributed by atoms with Crippen LogP contribution in [0.4, 0.5) is 0 Å². The van der Waals surface area contributed by atoms with Crippen molar-refractivity contribution >= 4 is 16.9 Å². The van der Waals surface area contributed by atoms with Gasteiger partial charge in [-0.1, -0.05) is 0 Å². The lowest BCUT2D eigenvalue weighted by Crippen LogP contribution is -2.27. The largest absolute Gasteiger partial charge is 0.467 e. The molecule has 0 unspecified atom stereocenters. The zero-order chi connectivity index (χ0) is 16.4. The Balaban J connectivity index is 1.66. The quantitative estimate of drug-likeness (QED) is 0.699. The molecule has 0 fully saturated rings. The first-order valence-corrected chi connectivity index (χ1v) is 7.75. The summed E-state index contributed by atoms with van der Waals surface area (Å²) in [4.78, 5) is 13.9. The molecule has 0 radical (unpaired) electrons. The van der Waals surface area contributed by atoms with Crippen LogP contribution in [0.25, 0.3) is 11.0 Å². The van der Waals surface area contributed by atoms with Crippen molar-refractivity contribution in [3.05, 3.63) is 36.0 Å². The molecule has 0 saturated carbocycles. The second kappa shape index (κ2) is 6.28. The molecular formula is C16H21N5O2. The number of rotatable bonds is 6. The maximum atomic E-state index is 12.3. The highest BCUT2D eigenvalue weighted by atomic mass is 16.3. The van der Waals surface area contributed by atoms with E-state index in [-0.39, 0.29) is 5.91 Å². The van der Waals surface area contributed by atoms with Gasteiger partial charge in [0.15, 0.2) is 0 Å². The van der Waals surface area contributed by atoms with Gasteiger partial charge in [-0.25, -0.2) is 0 Å². The number of nitrogens with zero attached hydrogens (tertiary/aromatic N) is 5. The van der Waals surface area contributed by atoms with E-state index in [1.54, 1.807) is 18.2 Å². The van der Waals surface area contributed by atoms with Crippen molar-refractivity contribution < 1.29 is 9.21 Å². The van der Waals surface area contributed by atoms with Gasteiger partial charge in [-0.3, -0.25) is 14.2 Å². The van der Waals surface area contributed by atoms with Crippen molar-refractivity contribution in [2.45, 2.75) is 39.9 Å². The Kier molecular flexibility index (Phi) is 4.18. The molecule has 3 aromatic heterocycles. The second-order valence-electron chi connectivity index (χ2n) is 5.58. The smallest absolute Gasteiger partial charge is 0.224 e. The van der Waals surface area contributed by atoms with Crippen molar-refractivity contribution in [2.24, 2.45) is 0 Å². The topological polar surface area (TPSA) is 69.1 Å². The number of aromatic nitrogens is 4. The van der Waals surface area contributed by atoms with Crippen LogP contribution >= 0.6 is 0 Å². The summed E-state index contributed by atoms with van der Waals surface area (Å²) in [5.74, 6) is 0.841. The first-order chi connectivity index (χ1) is 11.1. The van der Waals surface area contributed by atoms with E-state index < -0.39 is 0 Å². The highest BCUT2D eigenvalue weighted by Gasteiger charge is 2.15. The summed E-state index contributed by atoms with van der Waals surface area (Å²) < 4.78 is 9.06. The lowest BCUT2D eigenvalue weighted by molar-refractivity contribution is -0.130. The fourth-order valence-corrected chi connectivity index (χ4v) is 2.75. The predicted molar refractivity (Wildman–Crippen MR) is 85.7 cm³/mol. The molecule has 3 heterocycles. The summed E-state index contributed by atoms with van der Waals surface area (Å²) in [5.41, 5.74) is 2.96. The van der Waals surface area contributed by atoms with E-state index in [2.05, 4.69) is 17.1 Å². The summed E-state index contributed by atoms with van der Waals surface area (Å²) in [6, 6.07) is 3.69. The highest BCUT2D eigenvalue weighted by molar-refractivity contribution is 5.78. The minimum absolute atomic E-state index is 0.0607. The zero-order valence-corrected chi connectivity index (χ0v) is 13.7. The Bertz CT molecular complexity index is 800. The average molecular weight is 315 g/mol. The monoisotopic (exact) mass is 315 g/mol. The molecule has 3 aromatic rings. The molecule has 7 nitrogen and oxygen atoms in total. The zero-order valence-electron chi connectivity index (χ0n) is 13.7. The maximum Gasteiger partial charge on any atom is 0.224 e. The molecule has 0 spiro atoms. The Morgan fingerprint density at radius 1 is 1.39 bits per heavy atom. The summed E-state index contributed by atoms with van der Waals surface area (Å²) in [6.07, 6.45) is 3.82.